The molecular weight excluding hydrogens is 563 g/mol. The highest BCUT2D eigenvalue weighted by atomic mass is 32.2. The van der Waals surface area contributed by atoms with E-state index in [0.29, 0.717) is 55.3 Å². The third kappa shape index (κ3) is 6.56. The van der Waals surface area contributed by atoms with Crippen LogP contribution in [0.3, 0.4) is 0 Å². The predicted molar refractivity (Wildman–Crippen MR) is 166 cm³/mol. The van der Waals surface area contributed by atoms with E-state index in [1.54, 1.807) is 12.1 Å². The molecule has 2 aromatic carbocycles. The average Bonchev–Trinajstić information content (AvgIpc) is 3.66. The number of carbonyl (C=O) groups is 2. The monoisotopic (exact) mass is 602 g/mol. The molecule has 0 N–H and O–H groups in total. The van der Waals surface area contributed by atoms with E-state index in [1.807, 2.05) is 26.5 Å². The molecule has 7 nitrogen and oxygen atoms in total. The van der Waals surface area contributed by atoms with E-state index in [9.17, 15) is 18.8 Å². The maximum absolute atomic E-state index is 13.7. The maximum Gasteiger partial charge on any atom is 0.277 e. The summed E-state index contributed by atoms with van der Waals surface area (Å²) in [5.74, 6) is 1.54. The molecule has 6 rings (SSSR count). The summed E-state index contributed by atoms with van der Waals surface area (Å²) in [5, 5.41) is 0.538. The molecule has 2 saturated heterocycles. The minimum atomic E-state index is -0.290. The van der Waals surface area contributed by atoms with Crippen LogP contribution in [-0.2, 0) is 36.4 Å². The van der Waals surface area contributed by atoms with Crippen LogP contribution in [0.5, 0.6) is 0 Å². The molecule has 2 atom stereocenters. The van der Waals surface area contributed by atoms with Gasteiger partial charge in [0.1, 0.15) is 12.4 Å². The number of hydrogen-bond acceptors (Lipinski definition) is 5. The van der Waals surface area contributed by atoms with E-state index < -0.39 is 0 Å². The first-order chi connectivity index (χ1) is 20.7. The summed E-state index contributed by atoms with van der Waals surface area (Å²) >= 11 is 1.41. The van der Waals surface area contributed by atoms with Gasteiger partial charge >= 0.3 is 0 Å². The molecule has 0 bridgehead atoms. The maximum atomic E-state index is 13.7. The zero-order chi connectivity index (χ0) is 30.1. The van der Waals surface area contributed by atoms with Crippen LogP contribution in [0.1, 0.15) is 59.4 Å². The molecule has 2 aliphatic heterocycles. The van der Waals surface area contributed by atoms with Gasteiger partial charge in [-0.15, -0.1) is 0 Å². The zero-order valence-corrected chi connectivity index (χ0v) is 25.7. The highest BCUT2D eigenvalue weighted by Crippen LogP contribution is 2.33. The van der Waals surface area contributed by atoms with E-state index in [4.69, 9.17) is 0 Å². The number of halogens is 1. The Hall–Kier alpha value is -3.46. The van der Waals surface area contributed by atoms with Crippen molar-refractivity contribution in [1.29, 1.82) is 0 Å². The highest BCUT2D eigenvalue weighted by molar-refractivity contribution is 7.98. The van der Waals surface area contributed by atoms with Gasteiger partial charge in [-0.05, 0) is 85.3 Å². The number of aromatic nitrogens is 2. The molecule has 3 aliphatic rings. The molecule has 2 fully saturated rings. The smallest absolute Gasteiger partial charge is 0.277 e. The summed E-state index contributed by atoms with van der Waals surface area (Å²) in [6, 6.07) is 14.3. The summed E-state index contributed by atoms with van der Waals surface area (Å²) in [6.07, 6.45) is 4.21. The lowest BCUT2D eigenvalue weighted by Crippen LogP contribution is -2.43. The van der Waals surface area contributed by atoms with Crippen molar-refractivity contribution in [1.82, 2.24) is 19.4 Å². The first kappa shape index (κ1) is 29.6. The predicted octanol–water partition coefficient (Wildman–Crippen LogP) is 4.98. The number of amides is 2. The number of thioether (sulfide) groups is 1. The van der Waals surface area contributed by atoms with E-state index in [-0.39, 0.29) is 35.7 Å². The van der Waals surface area contributed by atoms with Crippen LogP contribution >= 0.6 is 11.8 Å². The molecular formula is C34H39FN4O3S. The van der Waals surface area contributed by atoms with Crippen LogP contribution in [0.15, 0.2) is 58.5 Å². The van der Waals surface area contributed by atoms with Gasteiger partial charge in [0.05, 0.1) is 0 Å². The molecule has 0 radical (unpaired) electrons. The number of hydrogen-bond donors (Lipinski definition) is 0. The minimum Gasteiger partial charge on any atom is -0.340 e. The second-order valence-corrected chi connectivity index (χ2v) is 13.6. The van der Waals surface area contributed by atoms with Gasteiger partial charge in [0, 0.05) is 48.8 Å². The summed E-state index contributed by atoms with van der Waals surface area (Å²) in [7, 11) is 0. The van der Waals surface area contributed by atoms with Crippen molar-refractivity contribution in [3.05, 3.63) is 92.6 Å². The molecule has 43 heavy (non-hydrogen) atoms. The second kappa shape index (κ2) is 12.6. The van der Waals surface area contributed by atoms with Crippen molar-refractivity contribution in [2.24, 2.45) is 17.8 Å². The van der Waals surface area contributed by atoms with E-state index in [2.05, 4.69) is 31.0 Å². The van der Waals surface area contributed by atoms with Crippen LogP contribution in [0.2, 0.25) is 0 Å². The van der Waals surface area contributed by atoms with Gasteiger partial charge in [0.25, 0.3) is 11.5 Å². The molecule has 1 aliphatic carbocycles. The third-order valence-corrected chi connectivity index (χ3v) is 10.1. The average molecular weight is 603 g/mol. The Labute approximate surface area is 256 Å². The molecule has 1 aromatic heterocycles. The Morgan fingerprint density at radius 2 is 1.65 bits per heavy atom. The SMILES string of the molecule is CC(C)Cc1ccc(C(=O)N2CC[C@@H]3CN(C(=O)Cn4c(SCc5ccc(F)cc5)nc(=O)c5c4CCC5)C[C@@H]3C2)cc1. The molecule has 3 heterocycles. The van der Waals surface area contributed by atoms with Crippen LogP contribution in [0.25, 0.3) is 0 Å². The quantitative estimate of drug-likeness (QED) is 0.269. The summed E-state index contributed by atoms with van der Waals surface area (Å²) < 4.78 is 15.3. The van der Waals surface area contributed by atoms with Crippen LogP contribution in [0.4, 0.5) is 4.39 Å². The first-order valence-corrected chi connectivity index (χ1v) is 16.4. The van der Waals surface area contributed by atoms with Gasteiger partial charge < -0.3 is 14.4 Å². The molecule has 0 spiro atoms. The fraction of sp³-hybridized carbons (Fsp3) is 0.471. The van der Waals surface area contributed by atoms with E-state index in [1.165, 1.54) is 29.5 Å². The Kier molecular flexibility index (Phi) is 8.71. The topological polar surface area (TPSA) is 75.5 Å². The Morgan fingerprint density at radius 1 is 0.953 bits per heavy atom. The first-order valence-electron chi connectivity index (χ1n) is 15.4. The summed E-state index contributed by atoms with van der Waals surface area (Å²) in [5.41, 5.74) is 4.33. The molecule has 3 aromatic rings. The highest BCUT2D eigenvalue weighted by Gasteiger charge is 2.40. The van der Waals surface area contributed by atoms with Gasteiger partial charge in [-0.25, -0.2) is 4.39 Å². The van der Waals surface area contributed by atoms with Gasteiger partial charge in [-0.1, -0.05) is 49.9 Å². The van der Waals surface area contributed by atoms with Gasteiger partial charge in [0.15, 0.2) is 5.16 Å². The van der Waals surface area contributed by atoms with Crippen LogP contribution < -0.4 is 5.56 Å². The Balaban J connectivity index is 1.12. The lowest BCUT2D eigenvalue weighted by Gasteiger charge is -2.34. The third-order valence-electron chi connectivity index (χ3n) is 9.06. The van der Waals surface area contributed by atoms with Crippen molar-refractivity contribution < 1.29 is 14.0 Å². The number of benzene rings is 2. The normalized spacial score (nSPS) is 19.5. The Bertz CT molecular complexity index is 1550. The Morgan fingerprint density at radius 3 is 2.40 bits per heavy atom. The minimum absolute atomic E-state index is 0.0243. The number of rotatable bonds is 8. The lowest BCUT2D eigenvalue weighted by molar-refractivity contribution is -0.131. The van der Waals surface area contributed by atoms with E-state index >= 15 is 0 Å². The standard InChI is InChI=1S/C34H39FN4O3S/c1-22(2)16-23-6-10-25(11-7-23)33(42)37-15-14-26-17-38(19-27(26)18-37)31(40)20-39-30-5-3-4-29(30)32(41)36-34(39)43-21-24-8-12-28(35)13-9-24/h6-13,22,26-27H,3-5,14-21H2,1-2H3/t26-,27+/m1/s1. The molecule has 0 unspecified atom stereocenters. The number of likely N-dealkylation sites (tertiary alicyclic amines) is 2. The molecule has 226 valence electrons. The van der Waals surface area contributed by atoms with Gasteiger partial charge in [-0.2, -0.15) is 4.98 Å². The second-order valence-electron chi connectivity index (χ2n) is 12.6. The summed E-state index contributed by atoms with van der Waals surface area (Å²) in [4.78, 5) is 48.1. The largest absolute Gasteiger partial charge is 0.340 e. The molecule has 9 heteroatoms. The van der Waals surface area contributed by atoms with Crippen molar-refractivity contribution in [2.45, 2.75) is 63.4 Å². The van der Waals surface area contributed by atoms with Gasteiger partial charge in [-0.3, -0.25) is 14.4 Å². The van der Waals surface area contributed by atoms with Crippen molar-refractivity contribution in [2.75, 3.05) is 26.2 Å². The van der Waals surface area contributed by atoms with E-state index in [0.717, 1.165) is 48.1 Å². The fourth-order valence-electron chi connectivity index (χ4n) is 6.82. The van der Waals surface area contributed by atoms with Crippen molar-refractivity contribution in [3.8, 4) is 0 Å². The number of fused-ring (bicyclic) bond motifs is 2. The number of piperidine rings is 1. The molecule has 0 saturated carbocycles. The van der Waals surface area contributed by atoms with Crippen LogP contribution in [-0.4, -0.2) is 57.3 Å². The number of nitrogens with zero attached hydrogens (tertiary/aromatic N) is 4. The van der Waals surface area contributed by atoms with Crippen molar-refractivity contribution in [3.63, 3.8) is 0 Å². The van der Waals surface area contributed by atoms with Crippen molar-refractivity contribution >= 4 is 23.6 Å². The zero-order valence-electron chi connectivity index (χ0n) is 24.9. The number of carbonyl (C=O) groups excluding carboxylic acids is 2. The van der Waals surface area contributed by atoms with Crippen LogP contribution in [0, 0.1) is 23.6 Å². The van der Waals surface area contributed by atoms with Gasteiger partial charge in [0.2, 0.25) is 5.91 Å². The molecule has 2 amide bonds. The summed E-state index contributed by atoms with van der Waals surface area (Å²) in [6.45, 7) is 7.23. The lowest BCUT2D eigenvalue weighted by atomic mass is 9.88. The fourth-order valence-corrected chi connectivity index (χ4v) is 7.78.